The van der Waals surface area contributed by atoms with E-state index in [4.69, 9.17) is 11.6 Å². The van der Waals surface area contributed by atoms with Gasteiger partial charge in [0.05, 0.1) is 13.6 Å². The number of benzene rings is 1. The molecule has 1 aromatic carbocycles. The standard InChI is InChI=1S/C9H9ClIN5/c1-16-14-9(13-15-16)5-12-8-3-2-6(10)4-7(8)11/h2-4,12H,5H2,1H3. The summed E-state index contributed by atoms with van der Waals surface area (Å²) < 4.78 is 1.06. The molecule has 0 aliphatic rings. The molecular formula is C9H9ClIN5. The highest BCUT2D eigenvalue weighted by Gasteiger charge is 2.03. The summed E-state index contributed by atoms with van der Waals surface area (Å²) in [5, 5.41) is 15.7. The van der Waals surface area contributed by atoms with E-state index in [1.165, 1.54) is 4.80 Å². The molecule has 0 radical (unpaired) electrons. The van der Waals surface area contributed by atoms with Gasteiger partial charge in [-0.1, -0.05) is 11.6 Å². The molecule has 0 aliphatic heterocycles. The van der Waals surface area contributed by atoms with E-state index in [-0.39, 0.29) is 0 Å². The molecule has 0 fully saturated rings. The molecular weight excluding hydrogens is 340 g/mol. The SMILES string of the molecule is Cn1nnc(CNc2ccc(Cl)cc2I)n1. The van der Waals surface area contributed by atoms with Crippen molar-refractivity contribution >= 4 is 39.9 Å². The molecule has 0 unspecified atom stereocenters. The van der Waals surface area contributed by atoms with Crippen molar-refractivity contribution in [2.75, 3.05) is 5.32 Å². The van der Waals surface area contributed by atoms with Gasteiger partial charge in [0.1, 0.15) is 0 Å². The van der Waals surface area contributed by atoms with Crippen LogP contribution in [0.25, 0.3) is 0 Å². The molecule has 0 saturated heterocycles. The lowest BCUT2D eigenvalue weighted by Crippen LogP contribution is -2.03. The summed E-state index contributed by atoms with van der Waals surface area (Å²) in [6.07, 6.45) is 0. The minimum atomic E-state index is 0.547. The fourth-order valence-electron chi connectivity index (χ4n) is 1.20. The molecule has 2 rings (SSSR count). The summed E-state index contributed by atoms with van der Waals surface area (Å²) in [6.45, 7) is 0.547. The Morgan fingerprint density at radius 2 is 2.31 bits per heavy atom. The van der Waals surface area contributed by atoms with Crippen LogP contribution in [0, 0.1) is 3.57 Å². The van der Waals surface area contributed by atoms with Crippen molar-refractivity contribution in [3.63, 3.8) is 0 Å². The number of nitrogens with zero attached hydrogens (tertiary/aromatic N) is 4. The highest BCUT2D eigenvalue weighted by atomic mass is 127. The Bertz CT molecular complexity index is 498. The molecule has 84 valence electrons. The highest BCUT2D eigenvalue weighted by Crippen LogP contribution is 2.22. The molecule has 7 heteroatoms. The lowest BCUT2D eigenvalue weighted by Gasteiger charge is -2.06. The Balaban J connectivity index is 2.04. The van der Waals surface area contributed by atoms with Crippen LogP contribution in [0.2, 0.25) is 5.02 Å². The predicted octanol–water partition coefficient (Wildman–Crippen LogP) is 2.08. The van der Waals surface area contributed by atoms with Gasteiger partial charge in [0.25, 0.3) is 0 Å². The maximum absolute atomic E-state index is 5.87. The molecule has 0 aliphatic carbocycles. The lowest BCUT2D eigenvalue weighted by molar-refractivity contribution is 0.628. The summed E-state index contributed by atoms with van der Waals surface area (Å²) in [6, 6.07) is 5.67. The summed E-state index contributed by atoms with van der Waals surface area (Å²) in [4.78, 5) is 1.43. The molecule has 1 aromatic heterocycles. The first-order valence-corrected chi connectivity index (χ1v) is 6.02. The van der Waals surface area contributed by atoms with Crippen LogP contribution in [0.1, 0.15) is 5.82 Å². The monoisotopic (exact) mass is 349 g/mol. The molecule has 0 bridgehead atoms. The topological polar surface area (TPSA) is 55.6 Å². The zero-order valence-corrected chi connectivity index (χ0v) is 11.4. The molecule has 0 atom stereocenters. The summed E-state index contributed by atoms with van der Waals surface area (Å²) in [5.41, 5.74) is 1.01. The lowest BCUT2D eigenvalue weighted by atomic mass is 10.3. The van der Waals surface area contributed by atoms with Gasteiger partial charge in [0.2, 0.25) is 0 Å². The van der Waals surface area contributed by atoms with Crippen LogP contribution in [0.4, 0.5) is 5.69 Å². The van der Waals surface area contributed by atoms with E-state index in [0.717, 1.165) is 14.3 Å². The normalized spacial score (nSPS) is 10.4. The summed E-state index contributed by atoms with van der Waals surface area (Å²) >= 11 is 8.09. The first-order chi connectivity index (χ1) is 7.65. The van der Waals surface area contributed by atoms with Crippen LogP contribution in [0.3, 0.4) is 0 Å². The molecule has 0 spiro atoms. The van der Waals surface area contributed by atoms with Gasteiger partial charge in [0.15, 0.2) is 5.82 Å². The molecule has 5 nitrogen and oxygen atoms in total. The highest BCUT2D eigenvalue weighted by molar-refractivity contribution is 14.1. The third-order valence-electron chi connectivity index (χ3n) is 1.92. The number of nitrogens with one attached hydrogen (secondary N) is 1. The van der Waals surface area contributed by atoms with E-state index in [9.17, 15) is 0 Å². The Morgan fingerprint density at radius 1 is 1.50 bits per heavy atom. The Hall–Kier alpha value is -0.890. The minimum Gasteiger partial charge on any atom is -0.377 e. The second kappa shape index (κ2) is 4.96. The van der Waals surface area contributed by atoms with Crippen LogP contribution in [-0.2, 0) is 13.6 Å². The number of hydrogen-bond acceptors (Lipinski definition) is 4. The number of rotatable bonds is 3. The van der Waals surface area contributed by atoms with Crippen molar-refractivity contribution in [2.45, 2.75) is 6.54 Å². The van der Waals surface area contributed by atoms with E-state index >= 15 is 0 Å². The van der Waals surface area contributed by atoms with Crippen LogP contribution in [0.15, 0.2) is 18.2 Å². The maximum Gasteiger partial charge on any atom is 0.193 e. The smallest absolute Gasteiger partial charge is 0.193 e. The van der Waals surface area contributed by atoms with Gasteiger partial charge in [0, 0.05) is 14.3 Å². The van der Waals surface area contributed by atoms with Gasteiger partial charge < -0.3 is 5.32 Å². The van der Waals surface area contributed by atoms with E-state index in [1.807, 2.05) is 18.2 Å². The molecule has 1 heterocycles. The number of aromatic nitrogens is 4. The van der Waals surface area contributed by atoms with Crippen molar-refractivity contribution in [3.05, 3.63) is 32.6 Å². The van der Waals surface area contributed by atoms with Crippen LogP contribution >= 0.6 is 34.2 Å². The number of hydrogen-bond donors (Lipinski definition) is 1. The first-order valence-electron chi connectivity index (χ1n) is 4.57. The third-order valence-corrected chi connectivity index (χ3v) is 3.05. The summed E-state index contributed by atoms with van der Waals surface area (Å²) in [5.74, 6) is 0.660. The van der Waals surface area contributed by atoms with Crippen molar-refractivity contribution in [1.82, 2.24) is 20.2 Å². The van der Waals surface area contributed by atoms with Gasteiger partial charge in [-0.15, -0.1) is 10.2 Å². The van der Waals surface area contributed by atoms with Crippen molar-refractivity contribution in [2.24, 2.45) is 7.05 Å². The minimum absolute atomic E-state index is 0.547. The average Bonchev–Trinajstić information content (AvgIpc) is 2.63. The Morgan fingerprint density at radius 3 is 2.94 bits per heavy atom. The van der Waals surface area contributed by atoms with Crippen LogP contribution < -0.4 is 5.32 Å². The summed E-state index contributed by atoms with van der Waals surface area (Å²) in [7, 11) is 1.74. The average molecular weight is 350 g/mol. The van der Waals surface area contributed by atoms with Crippen LogP contribution in [0.5, 0.6) is 0 Å². The second-order valence-corrected chi connectivity index (χ2v) is 4.77. The molecule has 0 amide bonds. The molecule has 2 aromatic rings. The zero-order chi connectivity index (χ0) is 11.5. The Labute approximate surface area is 111 Å². The van der Waals surface area contributed by atoms with E-state index in [1.54, 1.807) is 7.05 Å². The van der Waals surface area contributed by atoms with Crippen LogP contribution in [-0.4, -0.2) is 20.2 Å². The van der Waals surface area contributed by atoms with Gasteiger partial charge in [-0.3, -0.25) is 0 Å². The fourth-order valence-corrected chi connectivity index (χ4v) is 2.26. The van der Waals surface area contributed by atoms with Crippen molar-refractivity contribution in [1.29, 1.82) is 0 Å². The fraction of sp³-hybridized carbons (Fsp3) is 0.222. The largest absolute Gasteiger partial charge is 0.377 e. The van der Waals surface area contributed by atoms with Gasteiger partial charge >= 0.3 is 0 Å². The van der Waals surface area contributed by atoms with Gasteiger partial charge in [-0.05, 0) is 46.0 Å². The Kier molecular flexibility index (Phi) is 3.59. The van der Waals surface area contributed by atoms with E-state index in [0.29, 0.717) is 12.4 Å². The molecule has 16 heavy (non-hydrogen) atoms. The quantitative estimate of drug-likeness (QED) is 0.862. The predicted molar refractivity (Wildman–Crippen MR) is 70.3 cm³/mol. The van der Waals surface area contributed by atoms with Crippen molar-refractivity contribution < 1.29 is 0 Å². The first kappa shape index (κ1) is 11.6. The van der Waals surface area contributed by atoms with Crippen molar-refractivity contribution in [3.8, 4) is 0 Å². The number of anilines is 1. The second-order valence-electron chi connectivity index (χ2n) is 3.17. The van der Waals surface area contributed by atoms with Gasteiger partial charge in [-0.25, -0.2) is 0 Å². The third kappa shape index (κ3) is 2.82. The number of tetrazole rings is 1. The molecule has 0 saturated carbocycles. The van der Waals surface area contributed by atoms with E-state index < -0.39 is 0 Å². The maximum atomic E-state index is 5.87. The number of aryl methyl sites for hydroxylation is 1. The van der Waals surface area contributed by atoms with E-state index in [2.05, 4.69) is 43.3 Å². The molecule has 1 N–H and O–H groups in total. The van der Waals surface area contributed by atoms with Gasteiger partial charge in [-0.2, -0.15) is 4.80 Å². The zero-order valence-electron chi connectivity index (χ0n) is 8.48. The number of halogens is 2.